The van der Waals surface area contributed by atoms with Crippen LogP contribution in [-0.4, -0.2) is 32.0 Å². The zero-order chi connectivity index (χ0) is 29.9. The van der Waals surface area contributed by atoms with Crippen LogP contribution in [-0.2, 0) is 17.2 Å². The first-order valence-corrected chi connectivity index (χ1v) is 16.0. The average Bonchev–Trinajstić information content (AvgIpc) is 3.71. The number of aliphatic hydroxyl groups is 1. The smallest absolute Gasteiger partial charge is 0.296 e. The molecule has 8 nitrogen and oxygen atoms in total. The Labute approximate surface area is 260 Å². The highest BCUT2D eigenvalue weighted by Crippen LogP contribution is 2.45. The maximum absolute atomic E-state index is 14.0. The summed E-state index contributed by atoms with van der Waals surface area (Å²) >= 11 is 3.98. The van der Waals surface area contributed by atoms with E-state index in [1.54, 1.807) is 19.1 Å². The highest BCUT2D eigenvalue weighted by atomic mass is 32.2. The molecule has 43 heavy (non-hydrogen) atoms. The van der Waals surface area contributed by atoms with Gasteiger partial charge in [0.15, 0.2) is 10.1 Å². The molecule has 1 aliphatic rings. The fraction of sp³-hybridized carbons (Fsp3) is 0.156. The lowest BCUT2D eigenvalue weighted by Gasteiger charge is -2.24. The molecule has 3 aromatic carbocycles. The normalized spacial score (nSPS) is 14.9. The predicted octanol–water partition coefficient (Wildman–Crippen LogP) is 7.27. The van der Waals surface area contributed by atoms with Crippen LogP contribution in [0.5, 0.6) is 5.75 Å². The lowest BCUT2D eigenvalue weighted by atomic mass is 9.95. The van der Waals surface area contributed by atoms with E-state index < -0.39 is 23.5 Å². The maximum atomic E-state index is 14.0. The first-order chi connectivity index (χ1) is 20.9. The molecular weight excluding hydrogens is 601 g/mol. The van der Waals surface area contributed by atoms with Gasteiger partial charge in [-0.2, -0.15) is 0 Å². The van der Waals surface area contributed by atoms with E-state index in [-0.39, 0.29) is 10.7 Å². The highest BCUT2D eigenvalue weighted by molar-refractivity contribution is 8.00. The van der Waals surface area contributed by atoms with E-state index in [1.807, 2.05) is 79.7 Å². The molecule has 2 aromatic heterocycles. The van der Waals surface area contributed by atoms with Crippen LogP contribution in [0.3, 0.4) is 0 Å². The Balaban J connectivity index is 1.35. The van der Waals surface area contributed by atoms with Crippen molar-refractivity contribution in [2.75, 3.05) is 4.90 Å². The van der Waals surface area contributed by atoms with Crippen molar-refractivity contribution in [1.82, 2.24) is 15.2 Å². The molecule has 1 atom stereocenters. The summed E-state index contributed by atoms with van der Waals surface area (Å²) in [5.74, 6) is -0.512. The number of benzene rings is 3. The number of ketones is 1. The summed E-state index contributed by atoms with van der Waals surface area (Å²) in [7, 11) is 0. The van der Waals surface area contributed by atoms with Gasteiger partial charge >= 0.3 is 0 Å². The molecule has 0 bridgehead atoms. The Bertz CT molecular complexity index is 1820. The van der Waals surface area contributed by atoms with Gasteiger partial charge in [-0.1, -0.05) is 95.9 Å². The Kier molecular flexibility index (Phi) is 8.37. The van der Waals surface area contributed by atoms with E-state index in [4.69, 9.17) is 4.74 Å². The number of aryl methyl sites for hydroxylation is 2. The van der Waals surface area contributed by atoms with Crippen molar-refractivity contribution in [2.45, 2.75) is 36.6 Å². The number of amides is 1. The average molecular weight is 627 g/mol. The van der Waals surface area contributed by atoms with Gasteiger partial charge in [0.25, 0.3) is 5.91 Å². The topological polar surface area (TPSA) is 106 Å². The van der Waals surface area contributed by atoms with E-state index in [0.717, 1.165) is 16.1 Å². The number of aromatic nitrogens is 3. The zero-order valence-electron chi connectivity index (χ0n) is 23.3. The van der Waals surface area contributed by atoms with Crippen molar-refractivity contribution < 1.29 is 19.4 Å². The predicted molar refractivity (Wildman–Crippen MR) is 169 cm³/mol. The molecule has 1 unspecified atom stereocenters. The summed E-state index contributed by atoms with van der Waals surface area (Å²) in [4.78, 5) is 33.8. The first kappa shape index (κ1) is 28.8. The van der Waals surface area contributed by atoms with Gasteiger partial charge in [-0.05, 0) is 42.7 Å². The lowest BCUT2D eigenvalue weighted by molar-refractivity contribution is -0.117. The number of aliphatic hydroxyl groups excluding tert-OH is 1. The largest absolute Gasteiger partial charge is 0.503 e. The fourth-order valence-corrected chi connectivity index (χ4v) is 7.50. The summed E-state index contributed by atoms with van der Waals surface area (Å²) in [5.41, 5.74) is 3.26. The van der Waals surface area contributed by atoms with Crippen LogP contribution >= 0.6 is 34.4 Å². The van der Waals surface area contributed by atoms with Crippen molar-refractivity contribution in [3.63, 3.8) is 0 Å². The molecule has 0 aliphatic carbocycles. The summed E-state index contributed by atoms with van der Waals surface area (Å²) in [6, 6.07) is 26.0. The van der Waals surface area contributed by atoms with Gasteiger partial charge in [-0.3, -0.25) is 14.5 Å². The van der Waals surface area contributed by atoms with Gasteiger partial charge in [0.05, 0.1) is 27.2 Å². The molecule has 0 radical (unpaired) electrons. The molecule has 1 aliphatic heterocycles. The van der Waals surface area contributed by atoms with Crippen LogP contribution in [0.25, 0.3) is 0 Å². The van der Waals surface area contributed by atoms with Crippen LogP contribution in [0.1, 0.15) is 43.1 Å². The van der Waals surface area contributed by atoms with Gasteiger partial charge in [0.1, 0.15) is 12.4 Å². The van der Waals surface area contributed by atoms with Crippen LogP contribution < -0.4 is 9.64 Å². The first-order valence-electron chi connectivity index (χ1n) is 13.4. The molecular formula is C32H26N4O4S3. The second-order valence-corrected chi connectivity index (χ2v) is 13.2. The summed E-state index contributed by atoms with van der Waals surface area (Å²) in [6.45, 7) is 3.91. The molecule has 6 rings (SSSR count). The highest BCUT2D eigenvalue weighted by Gasteiger charge is 2.46. The second-order valence-electron chi connectivity index (χ2n) is 9.79. The van der Waals surface area contributed by atoms with E-state index in [9.17, 15) is 14.7 Å². The molecule has 1 N–H and O–H groups in total. The number of thiazole rings is 1. The third kappa shape index (κ3) is 6.10. The molecule has 3 heterocycles. The second kappa shape index (κ2) is 12.5. The van der Waals surface area contributed by atoms with E-state index in [1.165, 1.54) is 39.3 Å². The molecule has 11 heteroatoms. The third-order valence-electron chi connectivity index (χ3n) is 6.79. The van der Waals surface area contributed by atoms with Crippen molar-refractivity contribution in [1.29, 1.82) is 0 Å². The number of anilines is 1. The van der Waals surface area contributed by atoms with Gasteiger partial charge in [0, 0.05) is 5.75 Å². The number of hydrogen-bond donors (Lipinski definition) is 1. The van der Waals surface area contributed by atoms with Crippen LogP contribution in [0.15, 0.2) is 101 Å². The molecule has 1 amide bonds. The number of nitrogens with zero attached hydrogens (tertiary/aromatic N) is 4. The number of carbonyl (C=O) groups is 2. The van der Waals surface area contributed by atoms with E-state index in [2.05, 4.69) is 15.2 Å². The van der Waals surface area contributed by atoms with Gasteiger partial charge in [0.2, 0.25) is 10.9 Å². The number of Topliss-reactive ketones (excluding diaryl/α,β-unsaturated/α-hetero) is 1. The molecule has 0 spiro atoms. The molecule has 0 fully saturated rings. The lowest BCUT2D eigenvalue weighted by Crippen LogP contribution is -2.31. The Morgan fingerprint density at radius 3 is 2.37 bits per heavy atom. The number of thioether (sulfide) groups is 1. The standard InChI is InChI=1S/C32H26N4O4S3/c1-19-29(42-20(2)33-19)27(37)25-26(23-14-9-15-24(16-23)40-17-21-10-5-3-6-11-21)36(30(39)28(25)38)31-34-35-32(43-31)41-18-22-12-7-4-8-13-22/h3-16,26,38H,17-18H2,1-2H3. The van der Waals surface area contributed by atoms with Crippen molar-refractivity contribution in [2.24, 2.45) is 0 Å². The van der Waals surface area contributed by atoms with Crippen molar-refractivity contribution >= 4 is 51.3 Å². The fourth-order valence-electron chi connectivity index (χ4n) is 4.81. The van der Waals surface area contributed by atoms with Crippen LogP contribution in [0.2, 0.25) is 0 Å². The summed E-state index contributed by atoms with van der Waals surface area (Å²) in [6.07, 6.45) is 0. The minimum absolute atomic E-state index is 0.0225. The van der Waals surface area contributed by atoms with Gasteiger partial charge < -0.3 is 9.84 Å². The quantitative estimate of drug-likeness (QED) is 0.0981. The monoisotopic (exact) mass is 626 g/mol. The minimum Gasteiger partial charge on any atom is -0.503 e. The molecule has 0 saturated heterocycles. The van der Waals surface area contributed by atoms with E-state index >= 15 is 0 Å². The van der Waals surface area contributed by atoms with Crippen LogP contribution in [0.4, 0.5) is 5.13 Å². The van der Waals surface area contributed by atoms with Crippen LogP contribution in [0, 0.1) is 13.8 Å². The van der Waals surface area contributed by atoms with Gasteiger partial charge in [-0.15, -0.1) is 21.5 Å². The number of ether oxygens (including phenoxy) is 1. The van der Waals surface area contributed by atoms with Crippen molar-refractivity contribution in [3.8, 4) is 5.75 Å². The van der Waals surface area contributed by atoms with Gasteiger partial charge in [-0.25, -0.2) is 4.98 Å². The molecule has 216 valence electrons. The Hall–Kier alpha value is -4.32. The van der Waals surface area contributed by atoms with Crippen molar-refractivity contribution in [3.05, 3.63) is 129 Å². The maximum Gasteiger partial charge on any atom is 0.296 e. The Morgan fingerprint density at radius 2 is 1.67 bits per heavy atom. The Morgan fingerprint density at radius 1 is 0.953 bits per heavy atom. The summed E-state index contributed by atoms with van der Waals surface area (Å²) in [5, 5.41) is 20.8. The SMILES string of the molecule is Cc1nc(C)c(C(=O)C2=C(O)C(=O)N(c3nnc(SCc4ccccc4)s3)C2c2cccc(OCc3ccccc3)c2)s1. The zero-order valence-corrected chi connectivity index (χ0v) is 25.7. The number of rotatable bonds is 10. The number of carbonyl (C=O) groups excluding carboxylic acids is 2. The van der Waals surface area contributed by atoms with E-state index in [0.29, 0.717) is 38.6 Å². The molecule has 0 saturated carbocycles. The third-order valence-corrected chi connectivity index (χ3v) is 9.99. The molecule has 5 aromatic rings. The summed E-state index contributed by atoms with van der Waals surface area (Å²) < 4.78 is 6.73. The minimum atomic E-state index is -0.943. The number of hydrogen-bond acceptors (Lipinski definition) is 10.